The van der Waals surface area contributed by atoms with Gasteiger partial charge in [0, 0.05) is 12.1 Å². The average molecular weight is 331 g/mol. The predicted octanol–water partition coefficient (Wildman–Crippen LogP) is 4.43. The number of hydrogen-bond donors (Lipinski definition) is 0. The molecule has 0 aliphatic heterocycles. The van der Waals surface area contributed by atoms with Gasteiger partial charge in [-0.05, 0) is 39.0 Å². The Morgan fingerprint density at radius 2 is 1.78 bits per heavy atom. The van der Waals surface area contributed by atoms with Crippen molar-refractivity contribution in [3.05, 3.63) is 29.8 Å². The maximum Gasteiger partial charge on any atom is 0.416 e. The van der Waals surface area contributed by atoms with Gasteiger partial charge >= 0.3 is 12.3 Å². The molecule has 0 radical (unpaired) electrons. The molecule has 7 heteroatoms. The molecule has 0 bridgehead atoms. The smallest absolute Gasteiger partial charge is 0.416 e. The number of carbonyl (C=O) groups excluding carboxylic acids is 2. The molecule has 0 aromatic heterocycles. The van der Waals surface area contributed by atoms with Gasteiger partial charge in [-0.1, -0.05) is 13.0 Å². The molecule has 0 N–H and O–H groups in total. The van der Waals surface area contributed by atoms with E-state index in [1.165, 1.54) is 12.1 Å². The molecular weight excluding hydrogens is 311 g/mol. The molecule has 0 heterocycles. The lowest BCUT2D eigenvalue weighted by Gasteiger charge is -2.27. The summed E-state index contributed by atoms with van der Waals surface area (Å²) in [6, 6.07) is 4.25. The fourth-order valence-corrected chi connectivity index (χ4v) is 1.72. The molecule has 0 atom stereocenters. The van der Waals surface area contributed by atoms with Gasteiger partial charge in [-0.15, -0.1) is 0 Å². The first-order valence-electron chi connectivity index (χ1n) is 7.13. The minimum absolute atomic E-state index is 0.0316. The summed E-state index contributed by atoms with van der Waals surface area (Å²) in [6.45, 7) is 6.18. The highest BCUT2D eigenvalue weighted by Crippen LogP contribution is 2.32. The van der Waals surface area contributed by atoms with Crippen molar-refractivity contribution < 1.29 is 27.5 Å². The summed E-state index contributed by atoms with van der Waals surface area (Å²) in [6.07, 6.45) is -5.23. The molecule has 0 fully saturated rings. The Morgan fingerprint density at radius 3 is 2.26 bits per heavy atom. The molecule has 23 heavy (non-hydrogen) atoms. The van der Waals surface area contributed by atoms with E-state index in [0.29, 0.717) is 0 Å². The molecule has 0 unspecified atom stereocenters. The first-order chi connectivity index (χ1) is 10.4. The molecule has 1 aromatic carbocycles. The second-order valence-corrected chi connectivity index (χ2v) is 6.01. The molecule has 0 aliphatic rings. The summed E-state index contributed by atoms with van der Waals surface area (Å²) in [5, 5.41) is 0. The van der Waals surface area contributed by atoms with Crippen LogP contribution < -0.4 is 4.90 Å². The normalized spacial score (nSPS) is 12.0. The second-order valence-electron chi connectivity index (χ2n) is 6.01. The van der Waals surface area contributed by atoms with Crippen molar-refractivity contribution in [3.8, 4) is 0 Å². The Morgan fingerprint density at radius 1 is 1.17 bits per heavy atom. The number of ketones is 1. The maximum absolute atomic E-state index is 12.8. The van der Waals surface area contributed by atoms with Crippen LogP contribution in [0.2, 0.25) is 0 Å². The molecule has 0 aliphatic carbocycles. The first kappa shape index (κ1) is 19.0. The number of rotatable bonds is 4. The Kier molecular flexibility index (Phi) is 5.80. The Labute approximate surface area is 133 Å². The molecular formula is C16H20F3NO3. The molecule has 128 valence electrons. The Balaban J connectivity index is 3.19. The minimum Gasteiger partial charge on any atom is -0.443 e. The number of alkyl halides is 3. The highest BCUT2D eigenvalue weighted by molar-refractivity contribution is 5.95. The summed E-state index contributed by atoms with van der Waals surface area (Å²) in [4.78, 5) is 24.8. The van der Waals surface area contributed by atoms with Crippen LogP contribution in [0.3, 0.4) is 0 Å². The SMILES string of the molecule is CCC(=O)CN(C(=O)OC(C)(C)C)c1cccc(C(F)(F)F)c1. The number of amides is 1. The monoisotopic (exact) mass is 331 g/mol. The van der Waals surface area contributed by atoms with Crippen LogP contribution in [0.15, 0.2) is 24.3 Å². The number of carbonyl (C=O) groups is 2. The van der Waals surface area contributed by atoms with Crippen molar-refractivity contribution in [1.29, 1.82) is 0 Å². The van der Waals surface area contributed by atoms with Crippen molar-refractivity contribution in [2.75, 3.05) is 11.4 Å². The van der Waals surface area contributed by atoms with E-state index in [4.69, 9.17) is 4.74 Å². The van der Waals surface area contributed by atoms with Gasteiger partial charge in [0.05, 0.1) is 12.1 Å². The summed E-state index contributed by atoms with van der Waals surface area (Å²) >= 11 is 0. The molecule has 4 nitrogen and oxygen atoms in total. The molecule has 0 spiro atoms. The zero-order chi connectivity index (χ0) is 17.8. The fourth-order valence-electron chi connectivity index (χ4n) is 1.72. The lowest BCUT2D eigenvalue weighted by molar-refractivity contribution is -0.137. The largest absolute Gasteiger partial charge is 0.443 e. The maximum atomic E-state index is 12.8. The van der Waals surface area contributed by atoms with Gasteiger partial charge in [0.1, 0.15) is 5.60 Å². The van der Waals surface area contributed by atoms with E-state index in [9.17, 15) is 22.8 Å². The van der Waals surface area contributed by atoms with E-state index in [1.54, 1.807) is 27.7 Å². The van der Waals surface area contributed by atoms with Crippen LogP contribution in [-0.2, 0) is 15.7 Å². The lowest BCUT2D eigenvalue weighted by Crippen LogP contribution is -2.40. The van der Waals surface area contributed by atoms with Crippen molar-refractivity contribution in [1.82, 2.24) is 0 Å². The van der Waals surface area contributed by atoms with Gasteiger partial charge in [-0.3, -0.25) is 9.69 Å². The van der Waals surface area contributed by atoms with Crippen molar-refractivity contribution >= 4 is 17.6 Å². The van der Waals surface area contributed by atoms with Crippen LogP contribution in [0.4, 0.5) is 23.7 Å². The number of benzene rings is 1. The van der Waals surface area contributed by atoms with Gasteiger partial charge < -0.3 is 4.74 Å². The fraction of sp³-hybridized carbons (Fsp3) is 0.500. The van der Waals surface area contributed by atoms with Gasteiger partial charge in [0.2, 0.25) is 0 Å². The van der Waals surface area contributed by atoms with E-state index < -0.39 is 23.4 Å². The number of Topliss-reactive ketones (excluding diaryl/α,β-unsaturated/α-hetero) is 1. The third-order valence-corrected chi connectivity index (χ3v) is 2.83. The lowest BCUT2D eigenvalue weighted by atomic mass is 10.1. The van der Waals surface area contributed by atoms with E-state index >= 15 is 0 Å². The van der Waals surface area contributed by atoms with Gasteiger partial charge in [0.15, 0.2) is 5.78 Å². The van der Waals surface area contributed by atoms with Crippen LogP contribution in [0.5, 0.6) is 0 Å². The van der Waals surface area contributed by atoms with Crippen LogP contribution in [0.1, 0.15) is 39.7 Å². The van der Waals surface area contributed by atoms with E-state index in [1.807, 2.05) is 0 Å². The highest BCUT2D eigenvalue weighted by atomic mass is 19.4. The summed E-state index contributed by atoms with van der Waals surface area (Å²) in [7, 11) is 0. The quantitative estimate of drug-likeness (QED) is 0.820. The van der Waals surface area contributed by atoms with Crippen molar-refractivity contribution in [2.24, 2.45) is 0 Å². The minimum atomic E-state index is -4.54. The number of hydrogen-bond acceptors (Lipinski definition) is 3. The third-order valence-electron chi connectivity index (χ3n) is 2.83. The topological polar surface area (TPSA) is 46.6 Å². The van der Waals surface area contributed by atoms with E-state index in [2.05, 4.69) is 0 Å². The van der Waals surface area contributed by atoms with Crippen LogP contribution in [0, 0.1) is 0 Å². The van der Waals surface area contributed by atoms with Crippen LogP contribution in [-0.4, -0.2) is 24.0 Å². The number of ether oxygens (including phenoxy) is 1. The zero-order valence-corrected chi connectivity index (χ0v) is 13.5. The molecule has 1 rings (SSSR count). The summed E-state index contributed by atoms with van der Waals surface area (Å²) < 4.78 is 43.7. The van der Waals surface area contributed by atoms with Crippen molar-refractivity contribution in [3.63, 3.8) is 0 Å². The van der Waals surface area contributed by atoms with Gasteiger partial charge in [0.25, 0.3) is 0 Å². The average Bonchev–Trinajstić information content (AvgIpc) is 2.41. The molecule has 1 amide bonds. The van der Waals surface area contributed by atoms with Crippen LogP contribution >= 0.6 is 0 Å². The first-order valence-corrected chi connectivity index (χ1v) is 7.13. The van der Waals surface area contributed by atoms with Crippen molar-refractivity contribution in [2.45, 2.75) is 45.9 Å². The van der Waals surface area contributed by atoms with E-state index in [0.717, 1.165) is 17.0 Å². The predicted molar refractivity (Wildman–Crippen MR) is 80.3 cm³/mol. The summed E-state index contributed by atoms with van der Waals surface area (Å²) in [5.41, 5.74) is -1.75. The van der Waals surface area contributed by atoms with Gasteiger partial charge in [-0.2, -0.15) is 13.2 Å². The highest BCUT2D eigenvalue weighted by Gasteiger charge is 2.32. The number of halogens is 3. The second kappa shape index (κ2) is 7.02. The molecule has 1 aromatic rings. The Hall–Kier alpha value is -2.05. The zero-order valence-electron chi connectivity index (χ0n) is 13.5. The number of nitrogens with zero attached hydrogens (tertiary/aromatic N) is 1. The third kappa shape index (κ3) is 5.92. The number of anilines is 1. The Bertz CT molecular complexity index is 577. The standard InChI is InChI=1S/C16H20F3NO3/c1-5-13(21)10-20(14(22)23-15(2,3)4)12-8-6-7-11(9-12)16(17,18)19/h6-9H,5,10H2,1-4H3. The molecule has 0 saturated carbocycles. The summed E-state index contributed by atoms with van der Waals surface area (Å²) in [5.74, 6) is -0.284. The molecule has 0 saturated heterocycles. The van der Waals surface area contributed by atoms with E-state index in [-0.39, 0.29) is 24.4 Å². The van der Waals surface area contributed by atoms with Crippen LogP contribution in [0.25, 0.3) is 0 Å². The van der Waals surface area contributed by atoms with Gasteiger partial charge in [-0.25, -0.2) is 4.79 Å².